The maximum atomic E-state index is 12.6. The van der Waals surface area contributed by atoms with Gasteiger partial charge in [-0.05, 0) is 24.5 Å². The fourth-order valence-corrected chi connectivity index (χ4v) is 3.48. The lowest BCUT2D eigenvalue weighted by atomic mass is 9.89. The lowest BCUT2D eigenvalue weighted by Gasteiger charge is -2.28. The molecule has 0 fully saturated rings. The lowest BCUT2D eigenvalue weighted by Crippen LogP contribution is -2.41. The van der Waals surface area contributed by atoms with Crippen LogP contribution in [0.1, 0.15) is 27.7 Å². The van der Waals surface area contributed by atoms with Crippen molar-refractivity contribution in [2.75, 3.05) is 0 Å². The van der Waals surface area contributed by atoms with Gasteiger partial charge in [0.25, 0.3) is 0 Å². The molecule has 0 amide bonds. The van der Waals surface area contributed by atoms with E-state index in [9.17, 15) is 8.42 Å². The Bertz CT molecular complexity index is 713. The molecule has 2 aromatic rings. The van der Waals surface area contributed by atoms with Gasteiger partial charge in [-0.2, -0.15) is 0 Å². The Morgan fingerprint density at radius 2 is 1.90 bits per heavy atom. The van der Waals surface area contributed by atoms with E-state index in [1.54, 1.807) is 30.6 Å². The van der Waals surface area contributed by atoms with Crippen LogP contribution in [-0.4, -0.2) is 19.4 Å². The Kier molecular flexibility index (Phi) is 3.84. The monoisotopic (exact) mass is 292 g/mol. The Hall–Kier alpha value is -1.46. The summed E-state index contributed by atoms with van der Waals surface area (Å²) in [6, 6.07) is 6.78. The molecule has 0 radical (unpaired) electrons. The fourth-order valence-electron chi connectivity index (χ4n) is 1.80. The van der Waals surface area contributed by atoms with E-state index in [1.807, 2.05) is 33.8 Å². The van der Waals surface area contributed by atoms with Crippen LogP contribution in [0.15, 0.2) is 41.6 Å². The van der Waals surface area contributed by atoms with Gasteiger partial charge in [-0.3, -0.25) is 4.98 Å². The van der Waals surface area contributed by atoms with Crippen LogP contribution in [0.25, 0.3) is 10.8 Å². The highest BCUT2D eigenvalue weighted by atomic mass is 32.2. The van der Waals surface area contributed by atoms with Crippen molar-refractivity contribution in [1.29, 1.82) is 0 Å². The van der Waals surface area contributed by atoms with E-state index >= 15 is 0 Å². The Labute approximate surface area is 120 Å². The van der Waals surface area contributed by atoms with Crippen LogP contribution in [0.5, 0.6) is 0 Å². The molecule has 1 N–H and O–H groups in total. The standard InChI is InChI=1S/C15H20N2O2S/c1-11(15(2,3)4)17-20(18,19)14-7-5-6-12-10-16-9-8-13(12)14/h5-11,17H,1-4H3/t11-/m1/s1. The second-order valence-electron chi connectivity index (χ2n) is 6.06. The first-order valence-electron chi connectivity index (χ1n) is 6.57. The predicted octanol–water partition coefficient (Wildman–Crippen LogP) is 2.95. The number of nitrogens with one attached hydrogen (secondary N) is 1. The minimum absolute atomic E-state index is 0.140. The van der Waals surface area contributed by atoms with Gasteiger partial charge in [0.1, 0.15) is 0 Å². The molecule has 0 aliphatic rings. The van der Waals surface area contributed by atoms with Gasteiger partial charge >= 0.3 is 0 Å². The number of benzene rings is 1. The summed E-state index contributed by atoms with van der Waals surface area (Å²) in [6.07, 6.45) is 3.27. The first-order chi connectivity index (χ1) is 9.22. The average Bonchev–Trinajstić information content (AvgIpc) is 2.36. The molecule has 0 aliphatic heterocycles. The normalized spacial score (nSPS) is 14.4. The second kappa shape index (κ2) is 5.14. The summed E-state index contributed by atoms with van der Waals surface area (Å²) < 4.78 is 27.9. The predicted molar refractivity (Wildman–Crippen MR) is 81.0 cm³/mol. The van der Waals surface area contributed by atoms with E-state index in [0.29, 0.717) is 10.3 Å². The highest BCUT2D eigenvalue weighted by Gasteiger charge is 2.26. The molecule has 5 heteroatoms. The van der Waals surface area contributed by atoms with Gasteiger partial charge in [-0.15, -0.1) is 0 Å². The van der Waals surface area contributed by atoms with E-state index < -0.39 is 10.0 Å². The average molecular weight is 292 g/mol. The molecule has 108 valence electrons. The van der Waals surface area contributed by atoms with Gasteiger partial charge < -0.3 is 0 Å². The third kappa shape index (κ3) is 2.99. The zero-order valence-electron chi connectivity index (χ0n) is 12.2. The van der Waals surface area contributed by atoms with E-state index in [4.69, 9.17) is 0 Å². The van der Waals surface area contributed by atoms with Crippen molar-refractivity contribution in [2.45, 2.75) is 38.6 Å². The molecular weight excluding hydrogens is 272 g/mol. The summed E-state index contributed by atoms with van der Waals surface area (Å²) in [6.45, 7) is 7.90. The molecule has 1 heterocycles. The molecule has 0 unspecified atom stereocenters. The molecular formula is C15H20N2O2S. The largest absolute Gasteiger partial charge is 0.264 e. The van der Waals surface area contributed by atoms with Gasteiger partial charge in [0.05, 0.1) is 4.90 Å². The van der Waals surface area contributed by atoms with Crippen LogP contribution >= 0.6 is 0 Å². The van der Waals surface area contributed by atoms with Gasteiger partial charge in [-0.1, -0.05) is 32.9 Å². The summed E-state index contributed by atoms with van der Waals surface area (Å²) in [7, 11) is -3.55. The minimum Gasteiger partial charge on any atom is -0.264 e. The van der Waals surface area contributed by atoms with E-state index in [2.05, 4.69) is 9.71 Å². The van der Waals surface area contributed by atoms with E-state index in [0.717, 1.165) is 5.39 Å². The van der Waals surface area contributed by atoms with Gasteiger partial charge in [-0.25, -0.2) is 13.1 Å². The Morgan fingerprint density at radius 1 is 1.20 bits per heavy atom. The van der Waals surface area contributed by atoms with Crippen LogP contribution in [0.4, 0.5) is 0 Å². The van der Waals surface area contributed by atoms with Crippen molar-refractivity contribution in [1.82, 2.24) is 9.71 Å². The number of sulfonamides is 1. The summed E-state index contributed by atoms with van der Waals surface area (Å²) >= 11 is 0. The number of pyridine rings is 1. The quantitative estimate of drug-likeness (QED) is 0.946. The molecule has 0 bridgehead atoms. The summed E-state index contributed by atoms with van der Waals surface area (Å²) in [5.41, 5.74) is -0.140. The molecule has 1 aromatic heterocycles. The minimum atomic E-state index is -3.55. The maximum absolute atomic E-state index is 12.6. The summed E-state index contributed by atoms with van der Waals surface area (Å²) in [5, 5.41) is 1.51. The lowest BCUT2D eigenvalue weighted by molar-refractivity contribution is 0.318. The third-order valence-corrected chi connectivity index (χ3v) is 5.16. The number of aromatic nitrogens is 1. The smallest absolute Gasteiger partial charge is 0.241 e. The second-order valence-corrected chi connectivity index (χ2v) is 7.74. The molecule has 4 nitrogen and oxygen atoms in total. The number of hydrogen-bond acceptors (Lipinski definition) is 3. The van der Waals surface area contributed by atoms with Gasteiger partial charge in [0.2, 0.25) is 10.0 Å². The molecule has 1 aromatic carbocycles. The van der Waals surface area contributed by atoms with Crippen LogP contribution in [0.2, 0.25) is 0 Å². The maximum Gasteiger partial charge on any atom is 0.241 e. The molecule has 1 atom stereocenters. The summed E-state index contributed by atoms with van der Waals surface area (Å²) in [4.78, 5) is 4.32. The van der Waals surface area contributed by atoms with Gasteiger partial charge in [0.15, 0.2) is 0 Å². The van der Waals surface area contributed by atoms with Crippen molar-refractivity contribution in [3.8, 4) is 0 Å². The third-order valence-electron chi connectivity index (χ3n) is 3.56. The van der Waals surface area contributed by atoms with Crippen molar-refractivity contribution in [3.05, 3.63) is 36.7 Å². The first kappa shape index (κ1) is 14.9. The van der Waals surface area contributed by atoms with Crippen LogP contribution in [0, 0.1) is 5.41 Å². The van der Waals surface area contributed by atoms with E-state index in [1.165, 1.54) is 0 Å². The number of hydrogen-bond donors (Lipinski definition) is 1. The molecule has 2 rings (SSSR count). The van der Waals surface area contributed by atoms with Crippen molar-refractivity contribution in [3.63, 3.8) is 0 Å². The molecule has 0 saturated heterocycles. The van der Waals surface area contributed by atoms with Crippen molar-refractivity contribution in [2.24, 2.45) is 5.41 Å². The van der Waals surface area contributed by atoms with Crippen LogP contribution < -0.4 is 4.72 Å². The Morgan fingerprint density at radius 3 is 2.55 bits per heavy atom. The van der Waals surface area contributed by atoms with E-state index in [-0.39, 0.29) is 11.5 Å². The number of fused-ring (bicyclic) bond motifs is 1. The summed E-state index contributed by atoms with van der Waals surface area (Å²) in [5.74, 6) is 0. The van der Waals surface area contributed by atoms with Gasteiger partial charge in [0, 0.05) is 29.2 Å². The van der Waals surface area contributed by atoms with Crippen molar-refractivity contribution >= 4 is 20.8 Å². The molecule has 0 aliphatic carbocycles. The first-order valence-corrected chi connectivity index (χ1v) is 8.05. The zero-order chi connectivity index (χ0) is 15.0. The molecule has 0 spiro atoms. The van der Waals surface area contributed by atoms with Crippen LogP contribution in [0.3, 0.4) is 0 Å². The Balaban J connectivity index is 2.48. The molecule has 0 saturated carbocycles. The number of rotatable bonds is 3. The highest BCUT2D eigenvalue weighted by molar-refractivity contribution is 7.89. The topological polar surface area (TPSA) is 59.1 Å². The molecule has 20 heavy (non-hydrogen) atoms. The highest BCUT2D eigenvalue weighted by Crippen LogP contribution is 2.25. The number of nitrogens with zero attached hydrogens (tertiary/aromatic N) is 1. The SMILES string of the molecule is C[C@@H](NS(=O)(=O)c1cccc2cnccc12)C(C)(C)C. The van der Waals surface area contributed by atoms with Crippen molar-refractivity contribution < 1.29 is 8.42 Å². The zero-order valence-corrected chi connectivity index (χ0v) is 13.0. The van der Waals surface area contributed by atoms with Crippen LogP contribution in [-0.2, 0) is 10.0 Å². The fraction of sp³-hybridized carbons (Fsp3) is 0.400.